The molecule has 0 bridgehead atoms. The van der Waals surface area contributed by atoms with Crippen LogP contribution >= 0.6 is 0 Å². The maximum atomic E-state index is 12.9. The number of carbonyl (C=O) groups excluding carboxylic acids is 2. The molecule has 0 heterocycles. The first-order valence-corrected chi connectivity index (χ1v) is 9.60. The molecule has 0 atom stereocenters. The molecule has 0 aliphatic carbocycles. The maximum absolute atomic E-state index is 12.9. The fraction of sp³-hybridized carbons (Fsp3) is 0.200. The highest BCUT2D eigenvalue weighted by Gasteiger charge is 2.25. The average Bonchev–Trinajstić information content (AvgIpc) is 2.75. The molecule has 0 spiro atoms. The Kier molecular flexibility index (Phi) is 6.80. The Bertz CT molecular complexity index is 897. The van der Waals surface area contributed by atoms with Crippen molar-refractivity contribution in [3.05, 3.63) is 107 Å². The van der Waals surface area contributed by atoms with Gasteiger partial charge in [-0.15, -0.1) is 0 Å². The fourth-order valence-corrected chi connectivity index (χ4v) is 3.14. The van der Waals surface area contributed by atoms with Crippen molar-refractivity contribution in [1.29, 1.82) is 0 Å². The number of nitrogens with zero attached hydrogens (tertiary/aromatic N) is 1. The third kappa shape index (κ3) is 5.55. The molecule has 29 heavy (non-hydrogen) atoms. The van der Waals surface area contributed by atoms with E-state index in [2.05, 4.69) is 0 Å². The molecule has 0 radical (unpaired) electrons. The summed E-state index contributed by atoms with van der Waals surface area (Å²) in [6.07, 6.45) is 0. The summed E-state index contributed by atoms with van der Waals surface area (Å²) in [5.41, 5.74) is 3.88. The maximum Gasteiger partial charge on any atom is 0.318 e. The molecule has 0 saturated carbocycles. The van der Waals surface area contributed by atoms with Crippen LogP contribution in [0, 0.1) is 6.92 Å². The summed E-state index contributed by atoms with van der Waals surface area (Å²) in [6, 6.07) is 26.9. The van der Waals surface area contributed by atoms with Gasteiger partial charge in [0.2, 0.25) is 0 Å². The Morgan fingerprint density at radius 3 is 1.86 bits per heavy atom. The number of rotatable bonds is 7. The smallest absolute Gasteiger partial charge is 0.318 e. The Labute approximate surface area is 171 Å². The largest absolute Gasteiger partial charge is 0.455 e. The van der Waals surface area contributed by atoms with Crippen molar-refractivity contribution in [2.75, 3.05) is 13.7 Å². The highest BCUT2D eigenvalue weighted by atomic mass is 16.5. The summed E-state index contributed by atoms with van der Waals surface area (Å²) in [6.45, 7) is 2.21. The van der Waals surface area contributed by atoms with Crippen LogP contribution < -0.4 is 0 Å². The van der Waals surface area contributed by atoms with Gasteiger partial charge in [0.25, 0.3) is 5.91 Å². The minimum Gasteiger partial charge on any atom is -0.455 e. The van der Waals surface area contributed by atoms with E-state index in [0.29, 0.717) is 6.54 Å². The molecular formula is C25H25NO3. The van der Waals surface area contributed by atoms with Crippen LogP contribution in [0.25, 0.3) is 0 Å². The van der Waals surface area contributed by atoms with E-state index in [4.69, 9.17) is 4.74 Å². The van der Waals surface area contributed by atoms with Crippen molar-refractivity contribution in [3.8, 4) is 0 Å². The molecule has 0 N–H and O–H groups in total. The van der Waals surface area contributed by atoms with Crippen molar-refractivity contribution in [1.82, 2.24) is 4.90 Å². The number of hydrogen-bond donors (Lipinski definition) is 0. The van der Waals surface area contributed by atoms with E-state index < -0.39 is 11.9 Å². The molecule has 0 aliphatic heterocycles. The van der Waals surface area contributed by atoms with E-state index in [1.807, 2.05) is 91.9 Å². The zero-order valence-corrected chi connectivity index (χ0v) is 16.7. The molecule has 0 fully saturated rings. The summed E-state index contributed by atoms with van der Waals surface area (Å²) in [5, 5.41) is 0. The highest BCUT2D eigenvalue weighted by molar-refractivity contribution is 5.85. The normalized spacial score (nSPS) is 10.6. The van der Waals surface area contributed by atoms with E-state index >= 15 is 0 Å². The molecular weight excluding hydrogens is 362 g/mol. The Balaban J connectivity index is 1.65. The van der Waals surface area contributed by atoms with E-state index in [0.717, 1.165) is 16.7 Å². The Morgan fingerprint density at radius 1 is 0.828 bits per heavy atom. The number of esters is 1. The van der Waals surface area contributed by atoms with Crippen LogP contribution in [0.1, 0.15) is 28.2 Å². The van der Waals surface area contributed by atoms with E-state index in [1.54, 1.807) is 11.9 Å². The van der Waals surface area contributed by atoms with E-state index in [-0.39, 0.29) is 12.5 Å². The SMILES string of the molecule is Cc1ccc(CN(C)C(=O)COC(=O)C(c2ccccc2)c2ccccc2)cc1. The van der Waals surface area contributed by atoms with Crippen molar-refractivity contribution in [2.45, 2.75) is 19.4 Å². The van der Waals surface area contributed by atoms with Gasteiger partial charge in [0.1, 0.15) is 5.92 Å². The highest BCUT2D eigenvalue weighted by Crippen LogP contribution is 2.26. The number of aryl methyl sites for hydroxylation is 1. The summed E-state index contributed by atoms with van der Waals surface area (Å²) < 4.78 is 5.42. The molecule has 0 aliphatic rings. The first-order chi connectivity index (χ1) is 14.0. The first-order valence-electron chi connectivity index (χ1n) is 9.60. The quantitative estimate of drug-likeness (QED) is 0.567. The number of amides is 1. The zero-order valence-electron chi connectivity index (χ0n) is 16.7. The summed E-state index contributed by atoms with van der Waals surface area (Å²) in [5.74, 6) is -1.23. The molecule has 0 saturated heterocycles. The van der Waals surface area contributed by atoms with E-state index in [9.17, 15) is 9.59 Å². The van der Waals surface area contributed by atoms with Crippen LogP contribution in [0.4, 0.5) is 0 Å². The number of likely N-dealkylation sites (N-methyl/N-ethyl adjacent to an activating group) is 1. The second-order valence-corrected chi connectivity index (χ2v) is 7.10. The minimum absolute atomic E-state index is 0.237. The van der Waals surface area contributed by atoms with Gasteiger partial charge < -0.3 is 9.64 Å². The third-order valence-electron chi connectivity index (χ3n) is 4.81. The van der Waals surface area contributed by atoms with Gasteiger partial charge >= 0.3 is 5.97 Å². The second-order valence-electron chi connectivity index (χ2n) is 7.10. The number of hydrogen-bond acceptors (Lipinski definition) is 3. The summed E-state index contributed by atoms with van der Waals surface area (Å²) in [4.78, 5) is 26.9. The van der Waals surface area contributed by atoms with Crippen LogP contribution in [0.2, 0.25) is 0 Å². The molecule has 1 amide bonds. The number of carbonyl (C=O) groups is 2. The molecule has 3 rings (SSSR count). The van der Waals surface area contributed by atoms with Gasteiger partial charge in [-0.2, -0.15) is 0 Å². The first kappa shape index (κ1) is 20.3. The van der Waals surface area contributed by atoms with Crippen LogP contribution in [-0.2, 0) is 20.9 Å². The third-order valence-corrected chi connectivity index (χ3v) is 4.81. The van der Waals surface area contributed by atoms with Crippen LogP contribution in [0.5, 0.6) is 0 Å². The predicted molar refractivity (Wildman–Crippen MR) is 113 cm³/mol. The molecule has 148 valence electrons. The van der Waals surface area contributed by atoms with Crippen molar-refractivity contribution in [2.24, 2.45) is 0 Å². The second kappa shape index (κ2) is 9.69. The lowest BCUT2D eigenvalue weighted by Crippen LogP contribution is -2.31. The lowest BCUT2D eigenvalue weighted by molar-refractivity contribution is -0.152. The van der Waals surface area contributed by atoms with Crippen molar-refractivity contribution >= 4 is 11.9 Å². The molecule has 4 nitrogen and oxygen atoms in total. The van der Waals surface area contributed by atoms with Crippen molar-refractivity contribution in [3.63, 3.8) is 0 Å². The van der Waals surface area contributed by atoms with Crippen LogP contribution in [0.15, 0.2) is 84.9 Å². The molecule has 3 aromatic rings. The zero-order chi connectivity index (χ0) is 20.6. The minimum atomic E-state index is -0.562. The van der Waals surface area contributed by atoms with Gasteiger partial charge in [0, 0.05) is 13.6 Å². The average molecular weight is 387 g/mol. The van der Waals surface area contributed by atoms with Crippen molar-refractivity contribution < 1.29 is 14.3 Å². The number of benzene rings is 3. The van der Waals surface area contributed by atoms with Gasteiger partial charge in [0.05, 0.1) is 0 Å². The molecule has 0 unspecified atom stereocenters. The molecule has 0 aromatic heterocycles. The predicted octanol–water partition coefficient (Wildman–Crippen LogP) is 4.33. The monoisotopic (exact) mass is 387 g/mol. The Morgan fingerprint density at radius 2 is 1.34 bits per heavy atom. The molecule has 3 aromatic carbocycles. The number of ether oxygens (including phenoxy) is 1. The summed E-state index contributed by atoms with van der Waals surface area (Å²) in [7, 11) is 1.71. The summed E-state index contributed by atoms with van der Waals surface area (Å²) >= 11 is 0. The van der Waals surface area contributed by atoms with Crippen LogP contribution in [-0.4, -0.2) is 30.4 Å². The fourth-order valence-electron chi connectivity index (χ4n) is 3.14. The lowest BCUT2D eigenvalue weighted by Gasteiger charge is -2.20. The van der Waals surface area contributed by atoms with Gasteiger partial charge in [-0.25, -0.2) is 0 Å². The Hall–Kier alpha value is -3.40. The topological polar surface area (TPSA) is 46.6 Å². The van der Waals surface area contributed by atoms with Gasteiger partial charge in [-0.3, -0.25) is 9.59 Å². The van der Waals surface area contributed by atoms with E-state index in [1.165, 1.54) is 5.56 Å². The lowest BCUT2D eigenvalue weighted by atomic mass is 9.91. The van der Waals surface area contributed by atoms with Gasteiger partial charge in [-0.05, 0) is 23.6 Å². The van der Waals surface area contributed by atoms with Gasteiger partial charge in [0.15, 0.2) is 6.61 Å². The molecule has 4 heteroatoms. The van der Waals surface area contributed by atoms with Gasteiger partial charge in [-0.1, -0.05) is 90.5 Å². The van der Waals surface area contributed by atoms with Crippen LogP contribution in [0.3, 0.4) is 0 Å². The standard InChI is InChI=1S/C25H25NO3/c1-19-13-15-20(16-14-19)17-26(2)23(27)18-29-25(28)24(21-9-5-3-6-10-21)22-11-7-4-8-12-22/h3-16,24H,17-18H2,1-2H3.